The second-order valence-electron chi connectivity index (χ2n) is 9.45. The smallest absolute Gasteiger partial charge is 0.257 e. The van der Waals surface area contributed by atoms with E-state index in [0.29, 0.717) is 37.5 Å². The van der Waals surface area contributed by atoms with Crippen LogP contribution in [0.2, 0.25) is 0 Å². The van der Waals surface area contributed by atoms with Gasteiger partial charge in [-0.15, -0.1) is 0 Å². The Morgan fingerprint density at radius 1 is 0.865 bits per heavy atom. The predicted octanol–water partition coefficient (Wildman–Crippen LogP) is 5.32. The van der Waals surface area contributed by atoms with Gasteiger partial charge in [-0.05, 0) is 31.5 Å². The Morgan fingerprint density at radius 3 is 2.32 bits per heavy atom. The minimum atomic E-state index is 0.000858. The van der Waals surface area contributed by atoms with E-state index in [-0.39, 0.29) is 5.91 Å². The number of benzene rings is 3. The fourth-order valence-corrected chi connectivity index (χ4v) is 4.91. The summed E-state index contributed by atoms with van der Waals surface area (Å²) in [5.74, 6) is 2.29. The molecule has 0 saturated carbocycles. The summed E-state index contributed by atoms with van der Waals surface area (Å²) in [6, 6.07) is 26.1. The highest BCUT2D eigenvalue weighted by Crippen LogP contribution is 2.29. The highest BCUT2D eigenvalue weighted by atomic mass is 16.5. The van der Waals surface area contributed by atoms with E-state index in [2.05, 4.69) is 43.0 Å². The monoisotopic (exact) mass is 492 g/mol. The quantitative estimate of drug-likeness (QED) is 0.365. The van der Waals surface area contributed by atoms with E-state index in [4.69, 9.17) is 14.7 Å². The number of carbonyl (C=O) groups is 1. The Bertz CT molecular complexity index is 1400. The van der Waals surface area contributed by atoms with Crippen LogP contribution in [0.1, 0.15) is 32.7 Å². The molecule has 3 aromatic carbocycles. The van der Waals surface area contributed by atoms with Crippen LogP contribution in [0.5, 0.6) is 5.75 Å². The number of piperazine rings is 1. The molecule has 4 aromatic rings. The van der Waals surface area contributed by atoms with Crippen LogP contribution in [0.25, 0.3) is 11.4 Å². The zero-order valence-electron chi connectivity index (χ0n) is 21.6. The van der Waals surface area contributed by atoms with Crippen molar-refractivity contribution in [2.24, 2.45) is 0 Å². The molecule has 0 atom stereocenters. The van der Waals surface area contributed by atoms with E-state index in [1.807, 2.05) is 59.5 Å². The third kappa shape index (κ3) is 5.33. The third-order valence-electron chi connectivity index (χ3n) is 6.89. The molecule has 2 heterocycles. The average molecular weight is 493 g/mol. The van der Waals surface area contributed by atoms with Crippen LogP contribution in [0, 0.1) is 13.8 Å². The van der Waals surface area contributed by atoms with Crippen molar-refractivity contribution >= 4 is 11.7 Å². The molecule has 0 unspecified atom stereocenters. The van der Waals surface area contributed by atoms with E-state index < -0.39 is 0 Å². The van der Waals surface area contributed by atoms with Crippen molar-refractivity contribution < 1.29 is 9.53 Å². The predicted molar refractivity (Wildman–Crippen MR) is 147 cm³/mol. The summed E-state index contributed by atoms with van der Waals surface area (Å²) in [5.41, 5.74) is 6.20. The molecule has 1 aromatic heterocycles. The molecule has 0 bridgehead atoms. The van der Waals surface area contributed by atoms with Crippen molar-refractivity contribution in [2.45, 2.75) is 20.3 Å². The lowest BCUT2D eigenvalue weighted by molar-refractivity contribution is 0.0743. The van der Waals surface area contributed by atoms with Crippen molar-refractivity contribution in [3.63, 3.8) is 0 Å². The molecule has 188 valence electrons. The van der Waals surface area contributed by atoms with Crippen LogP contribution < -0.4 is 9.64 Å². The maximum atomic E-state index is 13.3. The van der Waals surface area contributed by atoms with E-state index in [0.717, 1.165) is 34.9 Å². The molecular formula is C31H32N4O2. The van der Waals surface area contributed by atoms with Gasteiger partial charge in [0.25, 0.3) is 5.91 Å². The van der Waals surface area contributed by atoms with Gasteiger partial charge in [0.05, 0.1) is 12.7 Å². The molecular weight excluding hydrogens is 460 g/mol. The largest absolute Gasteiger partial charge is 0.496 e. The number of hydrogen-bond donors (Lipinski definition) is 0. The van der Waals surface area contributed by atoms with Crippen molar-refractivity contribution in [3.8, 4) is 17.1 Å². The number of anilines is 1. The summed E-state index contributed by atoms with van der Waals surface area (Å²) in [6.45, 7) is 6.82. The van der Waals surface area contributed by atoms with Crippen molar-refractivity contribution in [2.75, 3.05) is 38.2 Å². The van der Waals surface area contributed by atoms with Gasteiger partial charge >= 0.3 is 0 Å². The van der Waals surface area contributed by atoms with Crippen molar-refractivity contribution in [1.29, 1.82) is 0 Å². The maximum absolute atomic E-state index is 13.3. The molecule has 5 rings (SSSR count). The summed E-state index contributed by atoms with van der Waals surface area (Å²) >= 11 is 0. The standard InChI is InChI=1S/C31H32N4O2/c1-22-10-9-11-24(20-22)21-27-23(2)32-29(25-12-5-4-6-13-25)33-30(27)34-16-18-35(19-17-34)31(36)26-14-7-8-15-28(26)37-3/h4-15,20H,16-19,21H2,1-3H3. The summed E-state index contributed by atoms with van der Waals surface area (Å²) in [7, 11) is 1.60. The Labute approximate surface area is 218 Å². The zero-order valence-corrected chi connectivity index (χ0v) is 21.6. The normalized spacial score (nSPS) is 13.5. The summed E-state index contributed by atoms with van der Waals surface area (Å²) in [5, 5.41) is 0. The lowest BCUT2D eigenvalue weighted by Crippen LogP contribution is -2.49. The second-order valence-corrected chi connectivity index (χ2v) is 9.45. The van der Waals surface area contributed by atoms with Crippen LogP contribution in [-0.4, -0.2) is 54.1 Å². The first-order valence-corrected chi connectivity index (χ1v) is 12.7. The van der Waals surface area contributed by atoms with Crippen LogP contribution >= 0.6 is 0 Å². The highest BCUT2D eigenvalue weighted by molar-refractivity contribution is 5.97. The van der Waals surface area contributed by atoms with Gasteiger partial charge in [-0.2, -0.15) is 0 Å². The molecule has 0 spiro atoms. The second kappa shape index (κ2) is 10.8. The van der Waals surface area contributed by atoms with Gasteiger partial charge in [0.2, 0.25) is 0 Å². The number of para-hydroxylation sites is 1. The van der Waals surface area contributed by atoms with Gasteiger partial charge < -0.3 is 14.5 Å². The van der Waals surface area contributed by atoms with Crippen molar-refractivity contribution in [1.82, 2.24) is 14.9 Å². The summed E-state index contributed by atoms with van der Waals surface area (Å²) in [6.07, 6.45) is 0.762. The van der Waals surface area contributed by atoms with Gasteiger partial charge in [0.1, 0.15) is 11.6 Å². The number of rotatable bonds is 6. The molecule has 0 aliphatic carbocycles. The number of hydrogen-bond acceptors (Lipinski definition) is 5. The number of methoxy groups -OCH3 is 1. The van der Waals surface area contributed by atoms with Gasteiger partial charge in [0.15, 0.2) is 5.82 Å². The maximum Gasteiger partial charge on any atom is 0.257 e. The minimum absolute atomic E-state index is 0.000858. The first-order valence-electron chi connectivity index (χ1n) is 12.7. The van der Waals surface area contributed by atoms with E-state index in [9.17, 15) is 4.79 Å². The van der Waals surface area contributed by atoms with E-state index in [1.54, 1.807) is 7.11 Å². The third-order valence-corrected chi connectivity index (χ3v) is 6.89. The molecule has 1 amide bonds. The number of nitrogens with zero attached hydrogens (tertiary/aromatic N) is 4. The fourth-order valence-electron chi connectivity index (χ4n) is 4.91. The molecule has 6 heteroatoms. The highest BCUT2D eigenvalue weighted by Gasteiger charge is 2.27. The van der Waals surface area contributed by atoms with Gasteiger partial charge in [-0.25, -0.2) is 9.97 Å². The van der Waals surface area contributed by atoms with Crippen LogP contribution in [0.4, 0.5) is 5.82 Å². The summed E-state index contributed by atoms with van der Waals surface area (Å²) in [4.78, 5) is 27.5. The molecule has 1 aliphatic heterocycles. The average Bonchev–Trinajstić information content (AvgIpc) is 2.94. The Morgan fingerprint density at radius 2 is 1.59 bits per heavy atom. The zero-order chi connectivity index (χ0) is 25.8. The molecule has 37 heavy (non-hydrogen) atoms. The van der Waals surface area contributed by atoms with Crippen LogP contribution in [-0.2, 0) is 6.42 Å². The van der Waals surface area contributed by atoms with Crippen LogP contribution in [0.3, 0.4) is 0 Å². The lowest BCUT2D eigenvalue weighted by Gasteiger charge is -2.36. The SMILES string of the molecule is COc1ccccc1C(=O)N1CCN(c2nc(-c3ccccc3)nc(C)c2Cc2cccc(C)c2)CC1. The van der Waals surface area contributed by atoms with Crippen molar-refractivity contribution in [3.05, 3.63) is 107 Å². The number of aromatic nitrogens is 2. The summed E-state index contributed by atoms with van der Waals surface area (Å²) < 4.78 is 5.42. The molecule has 0 N–H and O–H groups in total. The number of amides is 1. The molecule has 1 aliphatic rings. The van der Waals surface area contributed by atoms with Gasteiger partial charge in [-0.3, -0.25) is 4.79 Å². The molecule has 0 radical (unpaired) electrons. The van der Waals surface area contributed by atoms with Gasteiger partial charge in [0, 0.05) is 49.4 Å². The fraction of sp³-hybridized carbons (Fsp3) is 0.258. The topological polar surface area (TPSA) is 58.6 Å². The Balaban J connectivity index is 1.44. The van der Waals surface area contributed by atoms with E-state index in [1.165, 1.54) is 11.1 Å². The van der Waals surface area contributed by atoms with Gasteiger partial charge in [-0.1, -0.05) is 72.3 Å². The number of ether oxygens (including phenoxy) is 1. The first kappa shape index (κ1) is 24.5. The molecule has 1 fully saturated rings. The Hall–Kier alpha value is -4.19. The first-order chi connectivity index (χ1) is 18.0. The van der Waals surface area contributed by atoms with E-state index >= 15 is 0 Å². The van der Waals surface area contributed by atoms with Crippen LogP contribution in [0.15, 0.2) is 78.9 Å². The molecule has 1 saturated heterocycles. The minimum Gasteiger partial charge on any atom is -0.496 e. The lowest BCUT2D eigenvalue weighted by atomic mass is 10.0. The number of aryl methyl sites for hydroxylation is 2. The number of carbonyl (C=O) groups excluding carboxylic acids is 1. The molecule has 6 nitrogen and oxygen atoms in total. The Kier molecular flexibility index (Phi) is 7.17.